The van der Waals surface area contributed by atoms with Crippen LogP contribution in [-0.2, 0) is 4.74 Å². The number of carbonyl (C=O) groups excluding carboxylic acids is 1. The topological polar surface area (TPSA) is 84.7 Å². The van der Waals surface area contributed by atoms with Gasteiger partial charge in [-0.15, -0.1) is 0 Å². The van der Waals surface area contributed by atoms with E-state index in [-0.39, 0.29) is 23.2 Å². The number of hydrogen-bond donors (Lipinski definition) is 1. The number of nitro groups is 1. The van der Waals surface area contributed by atoms with Crippen molar-refractivity contribution in [3.8, 4) is 0 Å². The van der Waals surface area contributed by atoms with Crippen LogP contribution in [-0.4, -0.2) is 43.0 Å². The molecule has 0 saturated heterocycles. The van der Waals surface area contributed by atoms with E-state index in [0.717, 1.165) is 5.56 Å². The Balaban J connectivity index is 2.22. The molecule has 0 aliphatic carbocycles. The minimum atomic E-state index is -0.494. The molecule has 1 amide bonds. The monoisotopic (exact) mass is 357 g/mol. The van der Waals surface area contributed by atoms with Crippen LogP contribution in [0.3, 0.4) is 0 Å². The molecule has 0 fully saturated rings. The third-order valence-corrected chi connectivity index (χ3v) is 4.25. The summed E-state index contributed by atoms with van der Waals surface area (Å²) in [7, 11) is 3.25. The molecule has 0 aromatic heterocycles. The Bertz CT molecular complexity index is 765. The first-order chi connectivity index (χ1) is 12.5. The van der Waals surface area contributed by atoms with Gasteiger partial charge in [-0.25, -0.2) is 0 Å². The van der Waals surface area contributed by atoms with Crippen LogP contribution in [0.15, 0.2) is 48.5 Å². The second-order valence-corrected chi connectivity index (χ2v) is 5.91. The molecule has 26 heavy (non-hydrogen) atoms. The third kappa shape index (κ3) is 4.58. The summed E-state index contributed by atoms with van der Waals surface area (Å²) in [5.41, 5.74) is 1.50. The van der Waals surface area contributed by atoms with E-state index in [2.05, 4.69) is 5.32 Å². The van der Waals surface area contributed by atoms with Gasteiger partial charge in [-0.2, -0.15) is 0 Å². The van der Waals surface area contributed by atoms with E-state index in [4.69, 9.17) is 4.74 Å². The molecule has 7 nitrogen and oxygen atoms in total. The molecule has 0 bridgehead atoms. The van der Waals surface area contributed by atoms with Crippen LogP contribution in [0.4, 0.5) is 11.4 Å². The van der Waals surface area contributed by atoms with E-state index in [0.29, 0.717) is 18.8 Å². The van der Waals surface area contributed by atoms with E-state index < -0.39 is 4.92 Å². The van der Waals surface area contributed by atoms with Crippen LogP contribution >= 0.6 is 0 Å². The van der Waals surface area contributed by atoms with Crippen molar-refractivity contribution in [2.45, 2.75) is 13.0 Å². The third-order valence-electron chi connectivity index (χ3n) is 4.25. The van der Waals surface area contributed by atoms with Gasteiger partial charge in [0.25, 0.3) is 11.6 Å². The van der Waals surface area contributed by atoms with Gasteiger partial charge in [0.15, 0.2) is 0 Å². The van der Waals surface area contributed by atoms with E-state index in [9.17, 15) is 14.9 Å². The zero-order valence-corrected chi connectivity index (χ0v) is 15.1. The van der Waals surface area contributed by atoms with Gasteiger partial charge < -0.3 is 15.0 Å². The molecular weight excluding hydrogens is 334 g/mol. The SMILES string of the molecule is COCCNc1ccc(C(=O)N(C)[C@@H](C)c2ccccc2)cc1[N+](=O)[O-]. The van der Waals surface area contributed by atoms with Crippen molar-refractivity contribution >= 4 is 17.3 Å². The summed E-state index contributed by atoms with van der Waals surface area (Å²) >= 11 is 0. The van der Waals surface area contributed by atoms with Gasteiger partial charge >= 0.3 is 0 Å². The quantitative estimate of drug-likeness (QED) is 0.444. The fraction of sp³-hybridized carbons (Fsp3) is 0.316. The predicted molar refractivity (Wildman–Crippen MR) is 100 cm³/mol. The highest BCUT2D eigenvalue weighted by molar-refractivity contribution is 5.95. The molecule has 138 valence electrons. The number of nitrogens with zero attached hydrogens (tertiary/aromatic N) is 2. The average Bonchev–Trinajstić information content (AvgIpc) is 2.67. The van der Waals surface area contributed by atoms with Crippen LogP contribution < -0.4 is 5.32 Å². The number of methoxy groups -OCH3 is 1. The molecule has 2 aromatic carbocycles. The summed E-state index contributed by atoms with van der Waals surface area (Å²) in [5, 5.41) is 14.3. The van der Waals surface area contributed by atoms with Gasteiger partial charge in [0.1, 0.15) is 5.69 Å². The number of nitro benzene ring substituents is 1. The Morgan fingerprint density at radius 1 is 1.27 bits per heavy atom. The summed E-state index contributed by atoms with van der Waals surface area (Å²) in [6.45, 7) is 2.78. The Hall–Kier alpha value is -2.93. The van der Waals surface area contributed by atoms with Crippen LogP contribution in [0.25, 0.3) is 0 Å². The predicted octanol–water partition coefficient (Wildman–Crippen LogP) is 3.49. The molecule has 0 heterocycles. The number of hydrogen-bond acceptors (Lipinski definition) is 5. The van der Waals surface area contributed by atoms with E-state index in [1.807, 2.05) is 37.3 Å². The van der Waals surface area contributed by atoms with Crippen molar-refractivity contribution in [3.05, 3.63) is 69.8 Å². The highest BCUT2D eigenvalue weighted by Gasteiger charge is 2.22. The first kappa shape index (κ1) is 19.4. The maximum absolute atomic E-state index is 12.8. The Labute approximate surface area is 152 Å². The number of ether oxygens (including phenoxy) is 1. The lowest BCUT2D eigenvalue weighted by atomic mass is 10.1. The number of anilines is 1. The standard InChI is InChI=1S/C19H23N3O4/c1-14(15-7-5-4-6-8-15)21(2)19(23)16-9-10-17(20-11-12-26-3)18(13-16)22(24)25/h4-10,13-14,20H,11-12H2,1-3H3/t14-/m0/s1. The summed E-state index contributed by atoms with van der Waals surface area (Å²) in [6, 6.07) is 13.9. The molecule has 0 saturated carbocycles. The fourth-order valence-electron chi connectivity index (χ4n) is 2.59. The maximum atomic E-state index is 12.8. The Morgan fingerprint density at radius 3 is 2.58 bits per heavy atom. The van der Waals surface area contributed by atoms with Crippen molar-refractivity contribution in [3.63, 3.8) is 0 Å². The molecule has 2 rings (SSSR count). The molecule has 1 N–H and O–H groups in total. The van der Waals surface area contributed by atoms with Crippen LogP contribution in [0.2, 0.25) is 0 Å². The molecule has 0 unspecified atom stereocenters. The van der Waals surface area contributed by atoms with Gasteiger partial charge in [0.2, 0.25) is 0 Å². The number of rotatable bonds is 8. The molecule has 7 heteroatoms. The van der Waals surface area contributed by atoms with Crippen molar-refractivity contribution in [1.29, 1.82) is 0 Å². The highest BCUT2D eigenvalue weighted by atomic mass is 16.6. The Kier molecular flexibility index (Phi) is 6.68. The smallest absolute Gasteiger partial charge is 0.293 e. The summed E-state index contributed by atoms with van der Waals surface area (Å²) in [6.07, 6.45) is 0. The molecular formula is C19H23N3O4. The highest BCUT2D eigenvalue weighted by Crippen LogP contribution is 2.27. The van der Waals surface area contributed by atoms with Crippen LogP contribution in [0.1, 0.15) is 28.9 Å². The first-order valence-corrected chi connectivity index (χ1v) is 8.29. The largest absolute Gasteiger partial charge is 0.383 e. The molecule has 0 aliphatic rings. The van der Waals surface area contributed by atoms with Crippen molar-refractivity contribution in [2.24, 2.45) is 0 Å². The van der Waals surface area contributed by atoms with Gasteiger partial charge in [0, 0.05) is 32.3 Å². The zero-order chi connectivity index (χ0) is 19.1. The maximum Gasteiger partial charge on any atom is 0.293 e. The van der Waals surface area contributed by atoms with Crippen LogP contribution in [0.5, 0.6) is 0 Å². The number of nitrogens with one attached hydrogen (secondary N) is 1. The molecule has 0 aliphatic heterocycles. The molecule has 0 spiro atoms. The molecule has 2 aromatic rings. The van der Waals surface area contributed by atoms with Crippen molar-refractivity contribution in [1.82, 2.24) is 4.90 Å². The lowest BCUT2D eigenvalue weighted by Gasteiger charge is -2.25. The summed E-state index contributed by atoms with van der Waals surface area (Å²) < 4.78 is 4.93. The number of amides is 1. The molecule has 1 atom stereocenters. The van der Waals surface area contributed by atoms with Gasteiger partial charge in [-0.1, -0.05) is 30.3 Å². The second-order valence-electron chi connectivity index (χ2n) is 5.91. The first-order valence-electron chi connectivity index (χ1n) is 8.29. The minimum Gasteiger partial charge on any atom is -0.383 e. The van der Waals surface area contributed by atoms with E-state index in [1.54, 1.807) is 31.2 Å². The van der Waals surface area contributed by atoms with E-state index >= 15 is 0 Å². The molecule has 0 radical (unpaired) electrons. The summed E-state index contributed by atoms with van der Waals surface area (Å²) in [5.74, 6) is -0.270. The average molecular weight is 357 g/mol. The van der Waals surface area contributed by atoms with Gasteiger partial charge in [-0.3, -0.25) is 14.9 Å². The lowest BCUT2D eigenvalue weighted by molar-refractivity contribution is -0.384. The second kappa shape index (κ2) is 8.96. The number of carbonyl (C=O) groups is 1. The zero-order valence-electron chi connectivity index (χ0n) is 15.1. The van der Waals surface area contributed by atoms with E-state index in [1.165, 1.54) is 6.07 Å². The number of benzene rings is 2. The van der Waals surface area contributed by atoms with Gasteiger partial charge in [0.05, 0.1) is 17.6 Å². The van der Waals surface area contributed by atoms with Crippen molar-refractivity contribution < 1.29 is 14.5 Å². The lowest BCUT2D eigenvalue weighted by Crippen LogP contribution is -2.29. The summed E-state index contributed by atoms with van der Waals surface area (Å²) in [4.78, 5) is 25.2. The van der Waals surface area contributed by atoms with Gasteiger partial charge in [-0.05, 0) is 24.6 Å². The van der Waals surface area contributed by atoms with Crippen molar-refractivity contribution in [2.75, 3.05) is 32.6 Å². The van der Waals surface area contributed by atoms with Crippen LogP contribution in [0, 0.1) is 10.1 Å². The fourth-order valence-corrected chi connectivity index (χ4v) is 2.59. The Morgan fingerprint density at radius 2 is 1.96 bits per heavy atom. The minimum absolute atomic E-state index is 0.132. The normalized spacial score (nSPS) is 11.7.